The van der Waals surface area contributed by atoms with Crippen LogP contribution in [0, 0.1) is 0 Å². The number of sulfonamides is 1. The van der Waals surface area contributed by atoms with Crippen LogP contribution in [0.3, 0.4) is 0 Å². The SMILES string of the molecule is O=CCN1CCC(S(=O)(=O)N2CCC(Nc3ncc(C(F)(F)F)c(-c4cnc(CCO)s4)n3)CC2)CC1. The van der Waals surface area contributed by atoms with Crippen LogP contribution in [-0.4, -0.2) is 94.6 Å². The van der Waals surface area contributed by atoms with E-state index in [-0.39, 0.29) is 35.6 Å². The average molecular weight is 563 g/mol. The summed E-state index contributed by atoms with van der Waals surface area (Å²) in [4.78, 5) is 24.9. The number of anilines is 1. The number of nitrogens with zero attached hydrogens (tertiary/aromatic N) is 5. The lowest BCUT2D eigenvalue weighted by atomic mass is 10.1. The smallest absolute Gasteiger partial charge is 0.396 e. The molecule has 0 unspecified atom stereocenters. The van der Waals surface area contributed by atoms with Gasteiger partial charge in [0.1, 0.15) is 11.8 Å². The number of alkyl halides is 3. The van der Waals surface area contributed by atoms with E-state index >= 15 is 0 Å². The Morgan fingerprint density at radius 1 is 1.11 bits per heavy atom. The summed E-state index contributed by atoms with van der Waals surface area (Å²) in [7, 11) is -3.48. The topological polar surface area (TPSA) is 129 Å². The first-order valence-electron chi connectivity index (χ1n) is 12.0. The Balaban J connectivity index is 1.41. The molecule has 0 saturated carbocycles. The van der Waals surface area contributed by atoms with Gasteiger partial charge in [-0.3, -0.25) is 4.90 Å². The largest absolute Gasteiger partial charge is 0.420 e. The van der Waals surface area contributed by atoms with Crippen molar-refractivity contribution in [3.8, 4) is 10.6 Å². The summed E-state index contributed by atoms with van der Waals surface area (Å²) in [5.41, 5.74) is -1.26. The predicted molar refractivity (Wildman–Crippen MR) is 132 cm³/mol. The first kappa shape index (κ1) is 27.8. The number of carbonyl (C=O) groups excluding carboxylic acids is 1. The van der Waals surface area contributed by atoms with Crippen molar-refractivity contribution >= 4 is 33.6 Å². The summed E-state index contributed by atoms with van der Waals surface area (Å²) in [5.74, 6) is 0.0314. The highest BCUT2D eigenvalue weighted by molar-refractivity contribution is 7.89. The molecule has 2 aromatic rings. The van der Waals surface area contributed by atoms with Gasteiger partial charge in [-0.15, -0.1) is 11.3 Å². The highest BCUT2D eigenvalue weighted by Crippen LogP contribution is 2.38. The fourth-order valence-electron chi connectivity index (χ4n) is 4.62. The van der Waals surface area contributed by atoms with Gasteiger partial charge in [0, 0.05) is 44.6 Å². The van der Waals surface area contributed by atoms with Gasteiger partial charge in [-0.05, 0) is 38.8 Å². The second-order valence-electron chi connectivity index (χ2n) is 9.07. The van der Waals surface area contributed by atoms with E-state index in [1.807, 2.05) is 4.90 Å². The zero-order valence-corrected chi connectivity index (χ0v) is 21.7. The molecular weight excluding hydrogens is 533 g/mol. The normalized spacial score (nSPS) is 19.2. The molecule has 0 aromatic carbocycles. The van der Waals surface area contributed by atoms with Crippen molar-refractivity contribution in [2.45, 2.75) is 49.6 Å². The number of rotatable bonds is 9. The van der Waals surface area contributed by atoms with Gasteiger partial charge in [0.05, 0.1) is 27.4 Å². The van der Waals surface area contributed by atoms with Crippen LogP contribution in [0.5, 0.6) is 0 Å². The fourth-order valence-corrected chi connectivity index (χ4v) is 7.48. The molecule has 2 fully saturated rings. The third kappa shape index (κ3) is 6.63. The number of hydrogen-bond acceptors (Lipinski definition) is 10. The molecule has 4 heterocycles. The maximum absolute atomic E-state index is 13.6. The molecule has 2 aromatic heterocycles. The number of carbonyl (C=O) groups is 1. The zero-order chi connectivity index (χ0) is 26.6. The Morgan fingerprint density at radius 3 is 2.43 bits per heavy atom. The third-order valence-corrected chi connectivity index (χ3v) is 10.1. The van der Waals surface area contributed by atoms with Gasteiger partial charge < -0.3 is 15.2 Å². The van der Waals surface area contributed by atoms with Gasteiger partial charge in [0.2, 0.25) is 16.0 Å². The number of aldehydes is 1. The van der Waals surface area contributed by atoms with Crippen molar-refractivity contribution in [3.05, 3.63) is 23.0 Å². The molecule has 0 spiro atoms. The number of aliphatic hydroxyl groups is 1. The van der Waals surface area contributed by atoms with E-state index in [1.165, 1.54) is 10.5 Å². The van der Waals surface area contributed by atoms with Crippen LogP contribution in [0.4, 0.5) is 19.1 Å². The first-order valence-corrected chi connectivity index (χ1v) is 14.4. The van der Waals surface area contributed by atoms with E-state index in [4.69, 9.17) is 5.11 Å². The molecule has 4 rings (SSSR count). The third-order valence-electron chi connectivity index (χ3n) is 6.64. The summed E-state index contributed by atoms with van der Waals surface area (Å²) in [6.07, 6.45) is 0.342. The van der Waals surface area contributed by atoms with Crippen LogP contribution < -0.4 is 5.32 Å². The lowest BCUT2D eigenvalue weighted by Crippen LogP contribution is -2.49. The summed E-state index contributed by atoms with van der Waals surface area (Å²) in [6, 6.07) is -0.197. The van der Waals surface area contributed by atoms with E-state index in [2.05, 4.69) is 20.3 Å². The second kappa shape index (κ2) is 11.7. The molecule has 10 nitrogen and oxygen atoms in total. The van der Waals surface area contributed by atoms with E-state index in [1.54, 1.807) is 0 Å². The van der Waals surface area contributed by atoms with Crippen LogP contribution in [0.25, 0.3) is 10.6 Å². The first-order chi connectivity index (χ1) is 17.6. The molecule has 2 aliphatic rings. The predicted octanol–water partition coefficient (Wildman–Crippen LogP) is 2.02. The standard InChI is InChI=1S/C22H29F3N6O4S2/c23-22(24,25)17-13-27-21(29-20(17)18-14-26-19(36-18)5-11-32)28-15-1-8-31(9-2-15)37(34,35)16-3-6-30(7-4-16)10-12-33/h12-16,32H,1-11H2,(H,27,28,29). The van der Waals surface area contributed by atoms with Gasteiger partial charge in [-0.1, -0.05) is 0 Å². The molecule has 37 heavy (non-hydrogen) atoms. The average Bonchev–Trinajstić information content (AvgIpc) is 3.33. The molecule has 15 heteroatoms. The number of piperidine rings is 2. The van der Waals surface area contributed by atoms with Crippen molar-refractivity contribution in [2.24, 2.45) is 0 Å². The minimum atomic E-state index is -4.65. The number of nitrogens with one attached hydrogen (secondary N) is 1. The lowest BCUT2D eigenvalue weighted by Gasteiger charge is -2.37. The zero-order valence-electron chi connectivity index (χ0n) is 20.0. The van der Waals surface area contributed by atoms with Crippen LogP contribution in [0.15, 0.2) is 12.4 Å². The Labute approximate surface area is 217 Å². The van der Waals surface area contributed by atoms with Crippen molar-refractivity contribution in [1.82, 2.24) is 24.2 Å². The maximum atomic E-state index is 13.6. The molecule has 0 amide bonds. The molecule has 2 N–H and O–H groups in total. The Morgan fingerprint density at radius 2 is 1.81 bits per heavy atom. The Bertz CT molecular complexity index is 1180. The van der Waals surface area contributed by atoms with Crippen LogP contribution >= 0.6 is 11.3 Å². The van der Waals surface area contributed by atoms with E-state index in [9.17, 15) is 26.4 Å². The molecule has 2 saturated heterocycles. The number of halogens is 3. The minimum absolute atomic E-state index is 0.0314. The lowest BCUT2D eigenvalue weighted by molar-refractivity contribution is -0.137. The van der Waals surface area contributed by atoms with Crippen molar-refractivity contribution in [2.75, 3.05) is 44.6 Å². The van der Waals surface area contributed by atoms with Crippen LogP contribution in [-0.2, 0) is 27.4 Å². The van der Waals surface area contributed by atoms with Gasteiger partial charge in [-0.25, -0.2) is 27.7 Å². The van der Waals surface area contributed by atoms with Gasteiger partial charge >= 0.3 is 6.18 Å². The molecule has 0 bridgehead atoms. The van der Waals surface area contributed by atoms with E-state index < -0.39 is 27.0 Å². The van der Waals surface area contributed by atoms with Crippen molar-refractivity contribution < 1.29 is 31.5 Å². The summed E-state index contributed by atoms with van der Waals surface area (Å²) in [5, 5.41) is 12.2. The number of aliphatic hydroxyl groups excluding tert-OH is 1. The van der Waals surface area contributed by atoms with Gasteiger partial charge in [0.15, 0.2) is 0 Å². The van der Waals surface area contributed by atoms with E-state index in [0.29, 0.717) is 63.4 Å². The van der Waals surface area contributed by atoms with Crippen LogP contribution in [0.2, 0.25) is 0 Å². The summed E-state index contributed by atoms with van der Waals surface area (Å²) < 4.78 is 68.6. The number of likely N-dealkylation sites (tertiary alicyclic amines) is 1. The monoisotopic (exact) mass is 562 g/mol. The van der Waals surface area contributed by atoms with Gasteiger partial charge in [-0.2, -0.15) is 13.2 Å². The molecule has 0 aliphatic carbocycles. The van der Waals surface area contributed by atoms with Crippen LogP contribution in [0.1, 0.15) is 36.3 Å². The quantitative estimate of drug-likeness (QED) is 0.441. The summed E-state index contributed by atoms with van der Waals surface area (Å²) in [6.45, 7) is 1.86. The molecule has 2 aliphatic heterocycles. The van der Waals surface area contributed by atoms with Crippen molar-refractivity contribution in [3.63, 3.8) is 0 Å². The molecule has 0 atom stereocenters. The van der Waals surface area contributed by atoms with Gasteiger partial charge in [0.25, 0.3) is 0 Å². The Hall–Kier alpha value is -2.20. The number of thiazole rings is 1. The fraction of sp³-hybridized carbons (Fsp3) is 0.636. The Kier molecular flexibility index (Phi) is 8.78. The van der Waals surface area contributed by atoms with Crippen molar-refractivity contribution in [1.29, 1.82) is 0 Å². The molecule has 0 radical (unpaired) electrons. The second-order valence-corrected chi connectivity index (χ2v) is 12.4. The maximum Gasteiger partial charge on any atom is 0.420 e. The van der Waals surface area contributed by atoms with E-state index in [0.717, 1.165) is 23.8 Å². The number of hydrogen-bond donors (Lipinski definition) is 2. The highest BCUT2D eigenvalue weighted by atomic mass is 32.2. The summed E-state index contributed by atoms with van der Waals surface area (Å²) >= 11 is 1.03. The minimum Gasteiger partial charge on any atom is -0.396 e. The molecular formula is C22H29F3N6O4S2. The molecule has 204 valence electrons. The number of aromatic nitrogens is 3. The highest BCUT2D eigenvalue weighted by Gasteiger charge is 2.38.